The third kappa shape index (κ3) is 4.59. The normalized spacial score (nSPS) is 19.2. The van der Waals surface area contributed by atoms with Gasteiger partial charge in [0.05, 0.1) is 11.4 Å². The molecule has 0 saturated carbocycles. The third-order valence-electron chi connectivity index (χ3n) is 6.24. The van der Waals surface area contributed by atoms with Gasteiger partial charge in [-0.05, 0) is 61.0 Å². The molecule has 4 aromatic rings. The highest BCUT2D eigenvalue weighted by Gasteiger charge is 2.33. The maximum absolute atomic E-state index is 13.6. The summed E-state index contributed by atoms with van der Waals surface area (Å²) in [4.78, 5) is 6.92. The second kappa shape index (κ2) is 9.23. The van der Waals surface area contributed by atoms with Crippen LogP contribution < -0.4 is 0 Å². The molecule has 0 unspecified atom stereocenters. The molecule has 1 aliphatic rings. The number of hydrogen-bond acceptors (Lipinski definition) is 3. The number of benzene rings is 2. The number of halogens is 2. The van der Waals surface area contributed by atoms with Crippen LogP contribution in [-0.4, -0.2) is 33.2 Å². The van der Waals surface area contributed by atoms with Gasteiger partial charge in [0.2, 0.25) is 0 Å². The molecule has 0 spiro atoms. The predicted molar refractivity (Wildman–Crippen MR) is 125 cm³/mol. The molecule has 1 N–H and O–H groups in total. The smallest absolute Gasteiger partial charge is 0.123 e. The number of pyridine rings is 1. The molecule has 1 aliphatic heterocycles. The number of aromatic amines is 1. The van der Waals surface area contributed by atoms with Crippen LogP contribution in [0.4, 0.5) is 4.39 Å². The molecule has 2 atom stereocenters. The molecule has 2 aromatic heterocycles. The first-order valence-electron chi connectivity index (χ1n) is 10.8. The van der Waals surface area contributed by atoms with Gasteiger partial charge >= 0.3 is 0 Å². The average molecular weight is 447 g/mol. The Morgan fingerprint density at radius 1 is 1.00 bits per heavy atom. The number of aromatic nitrogens is 3. The molecule has 3 heterocycles. The van der Waals surface area contributed by atoms with Crippen molar-refractivity contribution in [1.82, 2.24) is 20.1 Å². The van der Waals surface area contributed by atoms with Crippen molar-refractivity contribution in [2.75, 3.05) is 13.1 Å². The highest BCUT2D eigenvalue weighted by atomic mass is 35.5. The van der Waals surface area contributed by atoms with Crippen LogP contribution in [0.2, 0.25) is 5.02 Å². The van der Waals surface area contributed by atoms with Gasteiger partial charge in [0.25, 0.3) is 0 Å². The first kappa shape index (κ1) is 20.9. The number of likely N-dealkylation sites (tertiary alicyclic amines) is 1. The van der Waals surface area contributed by atoms with Gasteiger partial charge in [-0.15, -0.1) is 0 Å². The zero-order valence-corrected chi connectivity index (χ0v) is 18.3. The van der Waals surface area contributed by atoms with E-state index in [2.05, 4.69) is 32.2 Å². The second-order valence-corrected chi connectivity index (χ2v) is 8.76. The summed E-state index contributed by atoms with van der Waals surface area (Å²) in [7, 11) is 0. The van der Waals surface area contributed by atoms with Crippen LogP contribution in [0.1, 0.15) is 35.2 Å². The maximum atomic E-state index is 13.6. The Labute approximate surface area is 192 Å². The molecule has 0 amide bonds. The molecule has 0 radical (unpaired) electrons. The highest BCUT2D eigenvalue weighted by Crippen LogP contribution is 2.40. The third-order valence-corrected chi connectivity index (χ3v) is 6.50. The Morgan fingerprint density at radius 2 is 1.81 bits per heavy atom. The number of nitrogens with zero attached hydrogens (tertiary/aromatic N) is 3. The van der Waals surface area contributed by atoms with Crippen LogP contribution in [0.25, 0.3) is 11.3 Å². The van der Waals surface area contributed by atoms with E-state index in [1.54, 1.807) is 12.1 Å². The zero-order chi connectivity index (χ0) is 21.9. The van der Waals surface area contributed by atoms with Gasteiger partial charge in [-0.3, -0.25) is 15.0 Å². The fraction of sp³-hybridized carbons (Fsp3) is 0.231. The topological polar surface area (TPSA) is 44.8 Å². The Kier molecular flexibility index (Phi) is 6.02. The number of hydrogen-bond donors (Lipinski definition) is 1. The van der Waals surface area contributed by atoms with E-state index in [1.807, 2.05) is 54.7 Å². The molecule has 32 heavy (non-hydrogen) atoms. The Balaban J connectivity index is 1.41. The van der Waals surface area contributed by atoms with E-state index < -0.39 is 0 Å². The fourth-order valence-corrected chi connectivity index (χ4v) is 4.72. The van der Waals surface area contributed by atoms with E-state index in [0.717, 1.165) is 54.3 Å². The number of H-pyrrole nitrogens is 1. The summed E-state index contributed by atoms with van der Waals surface area (Å²) in [5.74, 6) is 0.290. The SMILES string of the molecule is Fc1ccc([C@@H]2CN(Cc3ccccn3)CC[C@H]2c2cc(-c3ccc(Cl)cc3)n[nH]2)cc1. The second-order valence-electron chi connectivity index (χ2n) is 8.32. The molecular weight excluding hydrogens is 423 g/mol. The minimum absolute atomic E-state index is 0.210. The van der Waals surface area contributed by atoms with Crippen molar-refractivity contribution in [2.24, 2.45) is 0 Å². The van der Waals surface area contributed by atoms with E-state index >= 15 is 0 Å². The number of piperidine rings is 1. The van der Waals surface area contributed by atoms with Crippen molar-refractivity contribution in [1.29, 1.82) is 0 Å². The lowest BCUT2D eigenvalue weighted by Gasteiger charge is -2.38. The molecule has 1 fully saturated rings. The van der Waals surface area contributed by atoms with Gasteiger partial charge in [-0.2, -0.15) is 5.10 Å². The first-order valence-corrected chi connectivity index (χ1v) is 11.2. The molecule has 6 heteroatoms. The van der Waals surface area contributed by atoms with Crippen molar-refractivity contribution < 1.29 is 4.39 Å². The quantitative estimate of drug-likeness (QED) is 0.406. The van der Waals surface area contributed by atoms with Crippen LogP contribution in [0.15, 0.2) is 79.0 Å². The van der Waals surface area contributed by atoms with Gasteiger partial charge in [0.1, 0.15) is 5.82 Å². The Hall–Kier alpha value is -3.02. The average Bonchev–Trinajstić information content (AvgIpc) is 3.31. The first-order chi connectivity index (χ1) is 15.7. The van der Waals surface area contributed by atoms with Crippen LogP contribution in [0, 0.1) is 5.82 Å². The van der Waals surface area contributed by atoms with Gasteiger partial charge in [0, 0.05) is 47.4 Å². The van der Waals surface area contributed by atoms with E-state index in [4.69, 9.17) is 11.6 Å². The summed E-state index contributed by atoms with van der Waals surface area (Å²) < 4.78 is 13.6. The van der Waals surface area contributed by atoms with Crippen LogP contribution >= 0.6 is 11.6 Å². The summed E-state index contributed by atoms with van der Waals surface area (Å²) >= 11 is 6.03. The molecule has 1 saturated heterocycles. The molecule has 2 aromatic carbocycles. The lowest BCUT2D eigenvalue weighted by molar-refractivity contribution is 0.178. The maximum Gasteiger partial charge on any atom is 0.123 e. The monoisotopic (exact) mass is 446 g/mol. The molecule has 0 aliphatic carbocycles. The Bertz CT molecular complexity index is 1160. The van der Waals surface area contributed by atoms with Crippen molar-refractivity contribution in [3.63, 3.8) is 0 Å². The molecular formula is C26H24ClFN4. The number of rotatable bonds is 5. The molecule has 162 valence electrons. The minimum Gasteiger partial charge on any atom is -0.297 e. The van der Waals surface area contributed by atoms with Crippen LogP contribution in [0.3, 0.4) is 0 Å². The predicted octanol–water partition coefficient (Wildman–Crippen LogP) is 6.04. The van der Waals surface area contributed by atoms with Crippen molar-refractivity contribution in [3.05, 3.63) is 107 Å². The fourth-order valence-electron chi connectivity index (χ4n) is 4.60. The Morgan fingerprint density at radius 3 is 2.56 bits per heavy atom. The lowest BCUT2D eigenvalue weighted by Crippen LogP contribution is -2.38. The molecule has 0 bridgehead atoms. The van der Waals surface area contributed by atoms with E-state index in [1.165, 1.54) is 0 Å². The summed E-state index contributed by atoms with van der Waals surface area (Å²) in [5, 5.41) is 8.55. The highest BCUT2D eigenvalue weighted by molar-refractivity contribution is 6.30. The largest absolute Gasteiger partial charge is 0.297 e. The van der Waals surface area contributed by atoms with Crippen LogP contribution in [0.5, 0.6) is 0 Å². The summed E-state index contributed by atoms with van der Waals surface area (Å²) in [6, 6.07) is 22.8. The summed E-state index contributed by atoms with van der Waals surface area (Å²) in [5.41, 5.74) is 5.26. The summed E-state index contributed by atoms with van der Waals surface area (Å²) in [6.45, 7) is 2.65. The van der Waals surface area contributed by atoms with E-state index in [9.17, 15) is 4.39 Å². The molecule has 4 nitrogen and oxygen atoms in total. The number of nitrogens with one attached hydrogen (secondary N) is 1. The van der Waals surface area contributed by atoms with E-state index in [0.29, 0.717) is 5.02 Å². The minimum atomic E-state index is -0.210. The zero-order valence-electron chi connectivity index (χ0n) is 17.6. The molecule has 5 rings (SSSR count). The van der Waals surface area contributed by atoms with Crippen molar-refractivity contribution >= 4 is 11.6 Å². The van der Waals surface area contributed by atoms with Crippen molar-refractivity contribution in [3.8, 4) is 11.3 Å². The van der Waals surface area contributed by atoms with Gasteiger partial charge in [-0.1, -0.05) is 41.9 Å². The van der Waals surface area contributed by atoms with Gasteiger partial charge in [0.15, 0.2) is 0 Å². The lowest BCUT2D eigenvalue weighted by atomic mass is 9.78. The van der Waals surface area contributed by atoms with Gasteiger partial charge in [-0.25, -0.2) is 4.39 Å². The van der Waals surface area contributed by atoms with Crippen LogP contribution in [-0.2, 0) is 6.54 Å². The van der Waals surface area contributed by atoms with E-state index in [-0.39, 0.29) is 17.7 Å². The summed E-state index contributed by atoms with van der Waals surface area (Å²) in [6.07, 6.45) is 2.82. The van der Waals surface area contributed by atoms with Crippen molar-refractivity contribution in [2.45, 2.75) is 24.8 Å². The van der Waals surface area contributed by atoms with Gasteiger partial charge < -0.3 is 0 Å². The standard InChI is InChI=1S/C26H24ClFN4/c27-20-8-4-19(5-9-20)25-15-26(31-30-25)23-12-14-32(16-22-3-1-2-13-29-22)17-24(23)18-6-10-21(28)11-7-18/h1-11,13,15,23-24H,12,14,16-17H2,(H,30,31)/t23-,24+/m1/s1.